The van der Waals surface area contributed by atoms with Crippen molar-refractivity contribution in [1.29, 1.82) is 0 Å². The third kappa shape index (κ3) is 4.94. The van der Waals surface area contributed by atoms with Crippen molar-refractivity contribution in [1.82, 2.24) is 20.2 Å². The summed E-state index contributed by atoms with van der Waals surface area (Å²) in [6, 6.07) is 9.42. The van der Waals surface area contributed by atoms with Gasteiger partial charge in [0.15, 0.2) is 5.82 Å². The Balaban J connectivity index is 1.96. The number of allylic oxidation sites excluding steroid dienone is 2. The summed E-state index contributed by atoms with van der Waals surface area (Å²) in [7, 11) is 1.68. The number of carbonyl (C=O) groups is 1. The van der Waals surface area contributed by atoms with Crippen molar-refractivity contribution in [3.63, 3.8) is 0 Å². The van der Waals surface area contributed by atoms with Crippen LogP contribution >= 0.6 is 0 Å². The molecule has 2 atom stereocenters. The standard InChI is InChI=1S/C25H24F2N4O3/c1-14-10-16(4-8-21(14)26)24(17-5-9-22(27)15(2)11-17)20(25-28-29-30-31(25)3)7-6-19-12-18(32)13-23(33)34-19/h4-11,18-19,32H,12-13H2,1-3H3/b7-6+/t18-,19-/m1/s1. The van der Waals surface area contributed by atoms with E-state index >= 15 is 0 Å². The topological polar surface area (TPSA) is 90.1 Å². The molecule has 0 aliphatic carbocycles. The van der Waals surface area contributed by atoms with Gasteiger partial charge in [0.2, 0.25) is 0 Å². The molecule has 7 nitrogen and oxygen atoms in total. The molecule has 9 heteroatoms. The highest BCUT2D eigenvalue weighted by Crippen LogP contribution is 2.34. The van der Waals surface area contributed by atoms with Crippen molar-refractivity contribution in [2.24, 2.45) is 7.05 Å². The number of carbonyl (C=O) groups excluding carboxylic acids is 1. The Morgan fingerprint density at radius 2 is 1.74 bits per heavy atom. The van der Waals surface area contributed by atoms with Crippen LogP contribution in [0.3, 0.4) is 0 Å². The largest absolute Gasteiger partial charge is 0.458 e. The fourth-order valence-electron chi connectivity index (χ4n) is 3.94. The smallest absolute Gasteiger partial charge is 0.309 e. The number of tetrazole rings is 1. The molecule has 1 aromatic heterocycles. The lowest BCUT2D eigenvalue weighted by Crippen LogP contribution is -2.31. The van der Waals surface area contributed by atoms with Gasteiger partial charge in [-0.15, -0.1) is 5.10 Å². The van der Waals surface area contributed by atoms with Crippen LogP contribution in [0.1, 0.15) is 40.9 Å². The number of hydrogen-bond acceptors (Lipinski definition) is 6. The molecule has 1 saturated heterocycles. The van der Waals surface area contributed by atoms with Crippen LogP contribution < -0.4 is 0 Å². The highest BCUT2D eigenvalue weighted by atomic mass is 19.1. The van der Waals surface area contributed by atoms with E-state index in [1.165, 1.54) is 16.8 Å². The fourth-order valence-corrected chi connectivity index (χ4v) is 3.94. The van der Waals surface area contributed by atoms with Crippen molar-refractivity contribution in [2.75, 3.05) is 0 Å². The van der Waals surface area contributed by atoms with E-state index in [1.807, 2.05) is 0 Å². The van der Waals surface area contributed by atoms with Crippen LogP contribution in [-0.4, -0.2) is 43.5 Å². The zero-order valence-corrected chi connectivity index (χ0v) is 19.0. The number of nitrogens with zero attached hydrogens (tertiary/aromatic N) is 4. The molecule has 1 aliphatic heterocycles. The molecule has 0 unspecified atom stereocenters. The Hall–Kier alpha value is -3.72. The summed E-state index contributed by atoms with van der Waals surface area (Å²) in [5.41, 5.74) is 3.43. The molecular formula is C25H24F2N4O3. The Kier molecular flexibility index (Phi) is 6.65. The second-order valence-corrected chi connectivity index (χ2v) is 8.32. The number of rotatable bonds is 5. The van der Waals surface area contributed by atoms with E-state index in [9.17, 15) is 18.7 Å². The minimum atomic E-state index is -0.793. The number of esters is 1. The monoisotopic (exact) mass is 466 g/mol. The first-order valence-corrected chi connectivity index (χ1v) is 10.8. The lowest BCUT2D eigenvalue weighted by molar-refractivity contribution is -0.156. The Morgan fingerprint density at radius 1 is 1.12 bits per heavy atom. The average molecular weight is 466 g/mol. The zero-order chi connectivity index (χ0) is 24.4. The molecule has 1 fully saturated rings. The summed E-state index contributed by atoms with van der Waals surface area (Å²) in [6.45, 7) is 3.32. The Bertz CT molecular complexity index is 1250. The van der Waals surface area contributed by atoms with Gasteiger partial charge in [-0.1, -0.05) is 18.2 Å². The minimum Gasteiger partial charge on any atom is -0.458 e. The molecule has 34 heavy (non-hydrogen) atoms. The lowest BCUT2D eigenvalue weighted by atomic mass is 9.90. The maximum atomic E-state index is 14.1. The van der Waals surface area contributed by atoms with Crippen LogP contribution in [0.2, 0.25) is 0 Å². The molecule has 0 spiro atoms. The third-order valence-corrected chi connectivity index (χ3v) is 5.69. The minimum absolute atomic E-state index is 0.0464. The van der Waals surface area contributed by atoms with Gasteiger partial charge < -0.3 is 9.84 Å². The summed E-state index contributed by atoms with van der Waals surface area (Å²) >= 11 is 0. The molecule has 0 amide bonds. The van der Waals surface area contributed by atoms with Gasteiger partial charge in [0.1, 0.15) is 17.7 Å². The fraction of sp³-hybridized carbons (Fsp3) is 0.280. The van der Waals surface area contributed by atoms with E-state index in [2.05, 4.69) is 15.5 Å². The van der Waals surface area contributed by atoms with Crippen LogP contribution in [0.15, 0.2) is 48.6 Å². The van der Waals surface area contributed by atoms with Crippen molar-refractivity contribution in [3.8, 4) is 0 Å². The summed E-state index contributed by atoms with van der Waals surface area (Å²) in [5.74, 6) is -0.779. The SMILES string of the molecule is Cc1cc(C(=C(/C=C/[C@@H]2C[C@@H](O)CC(=O)O2)c2nnnn2C)c2ccc(F)c(C)c2)ccc1F. The predicted molar refractivity (Wildman–Crippen MR) is 121 cm³/mol. The van der Waals surface area contributed by atoms with Gasteiger partial charge in [-0.3, -0.25) is 4.79 Å². The summed E-state index contributed by atoms with van der Waals surface area (Å²) in [5, 5.41) is 21.8. The molecule has 176 valence electrons. The van der Waals surface area contributed by atoms with Crippen LogP contribution in [0.4, 0.5) is 8.78 Å². The van der Waals surface area contributed by atoms with Crippen molar-refractivity contribution >= 4 is 17.1 Å². The van der Waals surface area contributed by atoms with E-state index in [1.54, 1.807) is 57.3 Å². The number of ether oxygens (including phenoxy) is 1. The van der Waals surface area contributed by atoms with Crippen molar-refractivity contribution < 1.29 is 23.4 Å². The molecule has 4 rings (SSSR count). The van der Waals surface area contributed by atoms with E-state index < -0.39 is 18.2 Å². The van der Waals surface area contributed by atoms with Crippen LogP contribution in [-0.2, 0) is 16.6 Å². The molecule has 1 N–H and O–H groups in total. The van der Waals surface area contributed by atoms with Crippen molar-refractivity contribution in [3.05, 3.63) is 88.3 Å². The second-order valence-electron chi connectivity index (χ2n) is 8.32. The molecule has 0 saturated carbocycles. The average Bonchev–Trinajstić information content (AvgIpc) is 3.20. The Labute approximate surface area is 195 Å². The van der Waals surface area contributed by atoms with E-state index in [-0.39, 0.29) is 24.5 Å². The molecule has 0 radical (unpaired) electrons. The number of cyclic esters (lactones) is 1. The highest BCUT2D eigenvalue weighted by molar-refractivity contribution is 6.01. The molecule has 1 aliphatic rings. The molecule has 2 aromatic carbocycles. The normalized spacial score (nSPS) is 18.2. The third-order valence-electron chi connectivity index (χ3n) is 5.69. The summed E-state index contributed by atoms with van der Waals surface area (Å²) in [6.07, 6.45) is 2.16. The number of hydrogen-bond donors (Lipinski definition) is 1. The first kappa shape index (κ1) is 23.4. The maximum Gasteiger partial charge on any atom is 0.309 e. The van der Waals surface area contributed by atoms with Crippen LogP contribution in [0.5, 0.6) is 0 Å². The van der Waals surface area contributed by atoms with Gasteiger partial charge in [-0.2, -0.15) is 0 Å². The van der Waals surface area contributed by atoms with Gasteiger partial charge >= 0.3 is 5.97 Å². The van der Waals surface area contributed by atoms with E-state index in [4.69, 9.17) is 4.74 Å². The number of aryl methyl sites for hydroxylation is 3. The van der Waals surface area contributed by atoms with Gasteiger partial charge in [0.05, 0.1) is 12.5 Å². The number of halogens is 2. The molecule has 3 aromatic rings. The van der Waals surface area contributed by atoms with E-state index in [0.717, 1.165) is 0 Å². The summed E-state index contributed by atoms with van der Waals surface area (Å²) in [4.78, 5) is 11.8. The number of aliphatic hydroxyl groups excluding tert-OH is 1. The number of benzene rings is 2. The lowest BCUT2D eigenvalue weighted by Gasteiger charge is -2.23. The Morgan fingerprint density at radius 3 is 2.24 bits per heavy atom. The second kappa shape index (κ2) is 9.64. The predicted octanol–water partition coefficient (Wildman–Crippen LogP) is 3.69. The van der Waals surface area contributed by atoms with Gasteiger partial charge in [-0.05, 0) is 82.4 Å². The highest BCUT2D eigenvalue weighted by Gasteiger charge is 2.26. The first-order chi connectivity index (χ1) is 16.2. The summed E-state index contributed by atoms with van der Waals surface area (Å²) < 4.78 is 35.0. The first-order valence-electron chi connectivity index (χ1n) is 10.8. The van der Waals surface area contributed by atoms with Gasteiger partial charge in [-0.25, -0.2) is 13.5 Å². The number of aliphatic hydroxyl groups is 1. The van der Waals surface area contributed by atoms with E-state index in [0.29, 0.717) is 39.2 Å². The van der Waals surface area contributed by atoms with Crippen LogP contribution in [0, 0.1) is 25.5 Å². The molecular weight excluding hydrogens is 442 g/mol. The molecule has 2 heterocycles. The maximum absolute atomic E-state index is 14.1. The van der Waals surface area contributed by atoms with Crippen LogP contribution in [0.25, 0.3) is 11.1 Å². The zero-order valence-electron chi connectivity index (χ0n) is 19.0. The van der Waals surface area contributed by atoms with Gasteiger partial charge in [0, 0.05) is 19.0 Å². The molecule has 0 bridgehead atoms. The van der Waals surface area contributed by atoms with Gasteiger partial charge in [0.25, 0.3) is 0 Å². The number of aromatic nitrogens is 4. The quantitative estimate of drug-likeness (QED) is 0.456. The van der Waals surface area contributed by atoms with Crippen molar-refractivity contribution in [2.45, 2.75) is 38.9 Å².